The Morgan fingerprint density at radius 2 is 1.65 bits per heavy atom. The van der Waals surface area contributed by atoms with Crippen molar-refractivity contribution in [3.63, 3.8) is 0 Å². The fraction of sp³-hybridized carbons (Fsp3) is 0.0500. The summed E-state index contributed by atoms with van der Waals surface area (Å²) in [5, 5.41) is 3.02. The van der Waals surface area contributed by atoms with Crippen LogP contribution in [0, 0.1) is 0 Å². The minimum absolute atomic E-state index is 0.0249. The number of anilines is 3. The maximum absolute atomic E-state index is 12.8. The Labute approximate surface area is 174 Å². The van der Waals surface area contributed by atoms with Crippen molar-refractivity contribution in [2.45, 2.75) is 6.18 Å². The molecule has 0 spiro atoms. The van der Waals surface area contributed by atoms with Crippen molar-refractivity contribution in [3.8, 4) is 22.8 Å². The summed E-state index contributed by atoms with van der Waals surface area (Å²) in [6.45, 7) is 0. The van der Waals surface area contributed by atoms with Crippen molar-refractivity contribution in [1.82, 2.24) is 24.9 Å². The van der Waals surface area contributed by atoms with E-state index < -0.39 is 11.9 Å². The van der Waals surface area contributed by atoms with Crippen LogP contribution in [0.3, 0.4) is 0 Å². The standard InChI is InChI=1S/C20H14F3N7O/c21-20(22,23)17-7-15(5-6-27-17)31-14-3-1-13(2-4-14)28-19-29-16(8-18(24)30-19)12-9-25-11-26-10-12/h1-11H,(H3,24,28,29,30). The van der Waals surface area contributed by atoms with Gasteiger partial charge < -0.3 is 15.8 Å². The van der Waals surface area contributed by atoms with Gasteiger partial charge in [0.05, 0.1) is 5.69 Å². The summed E-state index contributed by atoms with van der Waals surface area (Å²) in [6, 6.07) is 10.3. The number of rotatable bonds is 5. The van der Waals surface area contributed by atoms with Gasteiger partial charge in [-0.1, -0.05) is 0 Å². The van der Waals surface area contributed by atoms with Crippen molar-refractivity contribution in [1.29, 1.82) is 0 Å². The molecule has 0 radical (unpaired) electrons. The normalized spacial score (nSPS) is 11.2. The number of benzene rings is 1. The second-order valence-corrected chi connectivity index (χ2v) is 6.25. The predicted molar refractivity (Wildman–Crippen MR) is 107 cm³/mol. The third kappa shape index (κ3) is 5.01. The minimum Gasteiger partial charge on any atom is -0.457 e. The third-order valence-corrected chi connectivity index (χ3v) is 3.97. The Kier molecular flexibility index (Phi) is 5.31. The van der Waals surface area contributed by atoms with E-state index in [1.165, 1.54) is 12.4 Å². The molecule has 3 N–H and O–H groups in total. The van der Waals surface area contributed by atoms with Gasteiger partial charge in [0.25, 0.3) is 0 Å². The van der Waals surface area contributed by atoms with Gasteiger partial charge in [-0.15, -0.1) is 0 Å². The van der Waals surface area contributed by atoms with E-state index in [2.05, 4.69) is 30.2 Å². The zero-order valence-electron chi connectivity index (χ0n) is 15.7. The lowest BCUT2D eigenvalue weighted by atomic mass is 10.2. The van der Waals surface area contributed by atoms with Gasteiger partial charge in [-0.25, -0.2) is 15.0 Å². The van der Waals surface area contributed by atoms with E-state index in [1.54, 1.807) is 42.7 Å². The maximum Gasteiger partial charge on any atom is 0.433 e. The van der Waals surface area contributed by atoms with Gasteiger partial charge in [-0.3, -0.25) is 4.98 Å². The Hall–Kier alpha value is -4.28. The van der Waals surface area contributed by atoms with Gasteiger partial charge in [-0.2, -0.15) is 18.2 Å². The molecule has 0 aliphatic heterocycles. The zero-order chi connectivity index (χ0) is 21.8. The molecule has 0 amide bonds. The van der Waals surface area contributed by atoms with Crippen molar-refractivity contribution < 1.29 is 17.9 Å². The van der Waals surface area contributed by atoms with Crippen LogP contribution in [-0.4, -0.2) is 24.9 Å². The number of aromatic nitrogens is 5. The van der Waals surface area contributed by atoms with Crippen LogP contribution in [0.15, 0.2) is 67.4 Å². The molecule has 8 nitrogen and oxygen atoms in total. The number of nitrogen functional groups attached to an aromatic ring is 1. The van der Waals surface area contributed by atoms with Crippen LogP contribution < -0.4 is 15.8 Å². The highest BCUT2D eigenvalue weighted by Gasteiger charge is 2.32. The molecule has 0 saturated carbocycles. The first-order valence-corrected chi connectivity index (χ1v) is 8.85. The number of halogens is 3. The fourth-order valence-corrected chi connectivity index (χ4v) is 2.60. The first-order valence-electron chi connectivity index (χ1n) is 8.85. The van der Waals surface area contributed by atoms with E-state index in [0.29, 0.717) is 22.7 Å². The molecule has 3 heterocycles. The molecule has 3 aromatic heterocycles. The number of nitrogens with zero attached hydrogens (tertiary/aromatic N) is 5. The number of hydrogen-bond acceptors (Lipinski definition) is 8. The first-order chi connectivity index (χ1) is 14.9. The molecule has 31 heavy (non-hydrogen) atoms. The number of hydrogen-bond donors (Lipinski definition) is 2. The molecule has 4 aromatic rings. The SMILES string of the molecule is Nc1cc(-c2cncnc2)nc(Nc2ccc(Oc3ccnc(C(F)(F)F)c3)cc2)n1. The van der Waals surface area contributed by atoms with Crippen LogP contribution in [0.25, 0.3) is 11.3 Å². The highest BCUT2D eigenvalue weighted by molar-refractivity contribution is 5.64. The van der Waals surface area contributed by atoms with E-state index in [1.807, 2.05) is 0 Å². The summed E-state index contributed by atoms with van der Waals surface area (Å²) in [7, 11) is 0. The molecule has 156 valence electrons. The molecular weight excluding hydrogens is 411 g/mol. The predicted octanol–water partition coefficient (Wildman–Crippen LogP) is 4.47. The number of alkyl halides is 3. The Bertz CT molecular complexity index is 1190. The summed E-state index contributed by atoms with van der Waals surface area (Å²) >= 11 is 0. The largest absolute Gasteiger partial charge is 0.457 e. The van der Waals surface area contributed by atoms with E-state index in [4.69, 9.17) is 10.5 Å². The van der Waals surface area contributed by atoms with Crippen LogP contribution >= 0.6 is 0 Å². The number of pyridine rings is 1. The lowest BCUT2D eigenvalue weighted by Crippen LogP contribution is -2.07. The highest BCUT2D eigenvalue weighted by atomic mass is 19.4. The van der Waals surface area contributed by atoms with Gasteiger partial charge in [0.1, 0.15) is 29.3 Å². The van der Waals surface area contributed by atoms with E-state index in [-0.39, 0.29) is 17.5 Å². The van der Waals surface area contributed by atoms with E-state index >= 15 is 0 Å². The van der Waals surface area contributed by atoms with Crippen molar-refractivity contribution in [2.75, 3.05) is 11.1 Å². The zero-order valence-corrected chi connectivity index (χ0v) is 15.7. The lowest BCUT2D eigenvalue weighted by Gasteiger charge is -2.11. The molecule has 0 atom stereocenters. The molecule has 1 aromatic carbocycles. The average Bonchev–Trinajstić information content (AvgIpc) is 2.75. The number of ether oxygens (including phenoxy) is 1. The van der Waals surface area contributed by atoms with Crippen LogP contribution in [0.5, 0.6) is 11.5 Å². The molecule has 0 bridgehead atoms. The summed E-state index contributed by atoms with van der Waals surface area (Å²) in [5.41, 5.74) is 6.69. The fourth-order valence-electron chi connectivity index (χ4n) is 2.60. The smallest absolute Gasteiger partial charge is 0.433 e. The molecule has 0 fully saturated rings. The Morgan fingerprint density at radius 3 is 2.35 bits per heavy atom. The topological polar surface area (TPSA) is 112 Å². The van der Waals surface area contributed by atoms with Crippen LogP contribution in [0.1, 0.15) is 5.69 Å². The molecule has 0 saturated heterocycles. The summed E-state index contributed by atoms with van der Waals surface area (Å²) in [6.07, 6.45) is 1.12. The van der Waals surface area contributed by atoms with Crippen molar-refractivity contribution in [3.05, 3.63) is 73.1 Å². The van der Waals surface area contributed by atoms with E-state index in [9.17, 15) is 13.2 Å². The Morgan fingerprint density at radius 1 is 0.903 bits per heavy atom. The quantitative estimate of drug-likeness (QED) is 0.482. The second-order valence-electron chi connectivity index (χ2n) is 6.25. The van der Waals surface area contributed by atoms with Crippen LogP contribution in [-0.2, 0) is 6.18 Å². The Balaban J connectivity index is 1.49. The summed E-state index contributed by atoms with van der Waals surface area (Å²) in [4.78, 5) is 19.8. The van der Waals surface area contributed by atoms with Crippen LogP contribution in [0.2, 0.25) is 0 Å². The molecule has 0 aliphatic carbocycles. The van der Waals surface area contributed by atoms with Gasteiger partial charge in [-0.05, 0) is 30.3 Å². The molecule has 11 heteroatoms. The van der Waals surface area contributed by atoms with Gasteiger partial charge in [0, 0.05) is 42.0 Å². The van der Waals surface area contributed by atoms with E-state index in [0.717, 1.165) is 12.3 Å². The van der Waals surface area contributed by atoms with Gasteiger partial charge in [0.15, 0.2) is 0 Å². The second kappa shape index (κ2) is 8.22. The molecule has 0 aliphatic rings. The number of nitrogens with two attached hydrogens (primary N) is 1. The van der Waals surface area contributed by atoms with Gasteiger partial charge in [0.2, 0.25) is 5.95 Å². The minimum atomic E-state index is -4.55. The monoisotopic (exact) mass is 425 g/mol. The molecular formula is C20H14F3N7O. The van der Waals surface area contributed by atoms with Gasteiger partial charge >= 0.3 is 6.18 Å². The lowest BCUT2D eigenvalue weighted by molar-refractivity contribution is -0.141. The number of nitrogens with one attached hydrogen (secondary N) is 1. The molecule has 4 rings (SSSR count). The highest BCUT2D eigenvalue weighted by Crippen LogP contribution is 2.31. The van der Waals surface area contributed by atoms with Crippen LogP contribution in [0.4, 0.5) is 30.6 Å². The summed E-state index contributed by atoms with van der Waals surface area (Å²) < 4.78 is 43.8. The first kappa shape index (κ1) is 20.0. The van der Waals surface area contributed by atoms with Crippen molar-refractivity contribution in [2.24, 2.45) is 0 Å². The molecule has 0 unspecified atom stereocenters. The maximum atomic E-state index is 12.8. The average molecular weight is 425 g/mol. The van der Waals surface area contributed by atoms with Crippen molar-refractivity contribution >= 4 is 17.5 Å². The summed E-state index contributed by atoms with van der Waals surface area (Å²) in [5.74, 6) is 0.892. The third-order valence-electron chi connectivity index (χ3n) is 3.97.